The van der Waals surface area contributed by atoms with Crippen molar-refractivity contribution >= 4 is 5.71 Å². The monoisotopic (exact) mass is 290 g/mol. The number of fused-ring (bicyclic) bond motifs is 1. The zero-order valence-electron chi connectivity index (χ0n) is 12.2. The number of β-amino-alcohol motifs (C(OH)–C–C–N with tert-alkyl or cyclic N) is 1. The van der Waals surface area contributed by atoms with Gasteiger partial charge in [0.25, 0.3) is 0 Å². The SMILES string of the molecule is O[C@H](CO/N=C1/CCc2ccccc21)CN1CCOCC1. The quantitative estimate of drug-likeness (QED) is 0.824. The fraction of sp³-hybridized carbons (Fsp3) is 0.562. The minimum absolute atomic E-state index is 0.239. The van der Waals surface area contributed by atoms with Crippen LogP contribution in [-0.2, 0) is 16.0 Å². The maximum Gasteiger partial charge on any atom is 0.144 e. The predicted octanol–water partition coefficient (Wildman–Crippen LogP) is 1.05. The number of rotatable bonds is 5. The van der Waals surface area contributed by atoms with Crippen molar-refractivity contribution in [1.29, 1.82) is 0 Å². The molecule has 1 aliphatic heterocycles. The van der Waals surface area contributed by atoms with Gasteiger partial charge in [0, 0.05) is 25.2 Å². The van der Waals surface area contributed by atoms with Crippen LogP contribution >= 0.6 is 0 Å². The molecule has 0 unspecified atom stereocenters. The summed E-state index contributed by atoms with van der Waals surface area (Å²) in [6, 6.07) is 8.28. The highest BCUT2D eigenvalue weighted by Crippen LogP contribution is 2.22. The van der Waals surface area contributed by atoms with Gasteiger partial charge in [-0.2, -0.15) is 0 Å². The van der Waals surface area contributed by atoms with Crippen LogP contribution in [0.2, 0.25) is 0 Å². The Bertz CT molecular complexity index is 498. The molecule has 114 valence electrons. The Labute approximate surface area is 125 Å². The lowest BCUT2D eigenvalue weighted by Crippen LogP contribution is -2.42. The van der Waals surface area contributed by atoms with E-state index < -0.39 is 6.10 Å². The summed E-state index contributed by atoms with van der Waals surface area (Å²) >= 11 is 0. The maximum atomic E-state index is 9.99. The number of morpholine rings is 1. The zero-order valence-corrected chi connectivity index (χ0v) is 12.2. The number of oxime groups is 1. The number of aliphatic hydroxyl groups is 1. The minimum atomic E-state index is -0.510. The van der Waals surface area contributed by atoms with E-state index in [1.807, 2.05) is 6.07 Å². The average Bonchev–Trinajstić information content (AvgIpc) is 2.92. The Morgan fingerprint density at radius 1 is 1.24 bits per heavy atom. The first-order valence-electron chi connectivity index (χ1n) is 7.58. The van der Waals surface area contributed by atoms with E-state index in [1.165, 1.54) is 11.1 Å². The first-order chi connectivity index (χ1) is 10.3. The van der Waals surface area contributed by atoms with Gasteiger partial charge in [0.1, 0.15) is 12.7 Å². The van der Waals surface area contributed by atoms with E-state index in [2.05, 4.69) is 28.3 Å². The van der Waals surface area contributed by atoms with E-state index in [0.29, 0.717) is 6.54 Å². The highest BCUT2D eigenvalue weighted by atomic mass is 16.6. The van der Waals surface area contributed by atoms with Gasteiger partial charge in [0.2, 0.25) is 0 Å². The fourth-order valence-corrected chi connectivity index (χ4v) is 2.84. The van der Waals surface area contributed by atoms with E-state index in [0.717, 1.165) is 44.9 Å². The van der Waals surface area contributed by atoms with Crippen LogP contribution in [0.5, 0.6) is 0 Å². The largest absolute Gasteiger partial charge is 0.393 e. The van der Waals surface area contributed by atoms with Crippen LogP contribution < -0.4 is 0 Å². The van der Waals surface area contributed by atoms with Crippen molar-refractivity contribution in [2.75, 3.05) is 39.5 Å². The standard InChI is InChI=1S/C16H22N2O3/c19-14(11-18-7-9-20-10-8-18)12-21-17-16-6-5-13-3-1-2-4-15(13)16/h1-4,14,19H,5-12H2/b17-16-/t14-/m0/s1. The Balaban J connectivity index is 1.46. The molecule has 1 fully saturated rings. The van der Waals surface area contributed by atoms with Crippen molar-refractivity contribution in [3.05, 3.63) is 35.4 Å². The molecule has 1 aromatic carbocycles. The molecule has 2 aliphatic rings. The minimum Gasteiger partial charge on any atom is -0.393 e. The Hall–Kier alpha value is -1.43. The molecule has 0 saturated carbocycles. The van der Waals surface area contributed by atoms with Gasteiger partial charge in [0.15, 0.2) is 0 Å². The Morgan fingerprint density at radius 3 is 2.90 bits per heavy atom. The molecule has 1 heterocycles. The molecular weight excluding hydrogens is 268 g/mol. The van der Waals surface area contributed by atoms with Crippen LogP contribution in [0.15, 0.2) is 29.4 Å². The van der Waals surface area contributed by atoms with Crippen molar-refractivity contribution in [3.63, 3.8) is 0 Å². The van der Waals surface area contributed by atoms with Gasteiger partial charge in [-0.25, -0.2) is 0 Å². The third-order valence-electron chi connectivity index (χ3n) is 3.97. The molecule has 5 nitrogen and oxygen atoms in total. The summed E-state index contributed by atoms with van der Waals surface area (Å²) in [6.45, 7) is 4.09. The summed E-state index contributed by atoms with van der Waals surface area (Å²) in [6.07, 6.45) is 1.43. The van der Waals surface area contributed by atoms with Crippen LogP contribution in [0, 0.1) is 0 Å². The van der Waals surface area contributed by atoms with Crippen LogP contribution in [0.25, 0.3) is 0 Å². The van der Waals surface area contributed by atoms with Crippen molar-refractivity contribution < 1.29 is 14.7 Å². The van der Waals surface area contributed by atoms with E-state index >= 15 is 0 Å². The van der Waals surface area contributed by atoms with Gasteiger partial charge in [-0.3, -0.25) is 4.90 Å². The first-order valence-corrected chi connectivity index (χ1v) is 7.58. The summed E-state index contributed by atoms with van der Waals surface area (Å²) < 4.78 is 5.29. The lowest BCUT2D eigenvalue weighted by atomic mass is 10.1. The molecule has 0 amide bonds. The zero-order chi connectivity index (χ0) is 14.5. The molecule has 0 bridgehead atoms. The topological polar surface area (TPSA) is 54.3 Å². The number of hydrogen-bond acceptors (Lipinski definition) is 5. The normalized spacial score (nSPS) is 22.2. The number of aryl methyl sites for hydroxylation is 1. The molecular formula is C16H22N2O3. The molecule has 1 N–H and O–H groups in total. The Kier molecular flexibility index (Phi) is 4.85. The van der Waals surface area contributed by atoms with Crippen molar-refractivity contribution in [1.82, 2.24) is 4.90 Å². The number of benzene rings is 1. The number of nitrogens with zero attached hydrogens (tertiary/aromatic N) is 2. The predicted molar refractivity (Wildman–Crippen MR) is 80.5 cm³/mol. The highest BCUT2D eigenvalue weighted by Gasteiger charge is 2.18. The lowest BCUT2D eigenvalue weighted by Gasteiger charge is -2.28. The van der Waals surface area contributed by atoms with Crippen LogP contribution in [0.4, 0.5) is 0 Å². The van der Waals surface area contributed by atoms with Gasteiger partial charge in [0.05, 0.1) is 18.9 Å². The lowest BCUT2D eigenvalue weighted by molar-refractivity contribution is -0.0131. The van der Waals surface area contributed by atoms with Crippen LogP contribution in [-0.4, -0.2) is 61.3 Å². The highest BCUT2D eigenvalue weighted by molar-refractivity contribution is 6.04. The molecule has 0 aromatic heterocycles. The van der Waals surface area contributed by atoms with Crippen molar-refractivity contribution in [2.45, 2.75) is 18.9 Å². The van der Waals surface area contributed by atoms with E-state index in [-0.39, 0.29) is 6.61 Å². The molecule has 0 spiro atoms. The second kappa shape index (κ2) is 7.02. The smallest absolute Gasteiger partial charge is 0.144 e. The molecule has 3 rings (SSSR count). The summed E-state index contributed by atoms with van der Waals surface area (Å²) in [5, 5.41) is 14.2. The summed E-state index contributed by atoms with van der Waals surface area (Å²) in [5.41, 5.74) is 3.50. The van der Waals surface area contributed by atoms with Crippen LogP contribution in [0.1, 0.15) is 17.5 Å². The molecule has 5 heteroatoms. The summed E-state index contributed by atoms with van der Waals surface area (Å²) in [5.74, 6) is 0. The van der Waals surface area contributed by atoms with Gasteiger partial charge in [-0.15, -0.1) is 0 Å². The maximum absolute atomic E-state index is 9.99. The van der Waals surface area contributed by atoms with Crippen molar-refractivity contribution in [3.8, 4) is 0 Å². The van der Waals surface area contributed by atoms with E-state index in [4.69, 9.17) is 9.57 Å². The van der Waals surface area contributed by atoms with Gasteiger partial charge >= 0.3 is 0 Å². The van der Waals surface area contributed by atoms with Gasteiger partial charge < -0.3 is 14.7 Å². The third-order valence-corrected chi connectivity index (χ3v) is 3.97. The number of ether oxygens (including phenoxy) is 1. The second-order valence-corrected chi connectivity index (χ2v) is 5.56. The molecule has 1 aromatic rings. The summed E-state index contributed by atoms with van der Waals surface area (Å²) in [4.78, 5) is 7.55. The Morgan fingerprint density at radius 2 is 2.05 bits per heavy atom. The third kappa shape index (κ3) is 3.81. The fourth-order valence-electron chi connectivity index (χ4n) is 2.84. The van der Waals surface area contributed by atoms with E-state index in [9.17, 15) is 5.11 Å². The molecule has 1 saturated heterocycles. The summed E-state index contributed by atoms with van der Waals surface area (Å²) in [7, 11) is 0. The van der Waals surface area contributed by atoms with Gasteiger partial charge in [-0.05, 0) is 18.4 Å². The number of aliphatic hydroxyl groups excluding tert-OH is 1. The molecule has 1 aliphatic carbocycles. The molecule has 0 radical (unpaired) electrons. The molecule has 21 heavy (non-hydrogen) atoms. The van der Waals surface area contributed by atoms with Crippen molar-refractivity contribution in [2.24, 2.45) is 5.16 Å². The average molecular weight is 290 g/mol. The van der Waals surface area contributed by atoms with Gasteiger partial charge in [-0.1, -0.05) is 29.4 Å². The second-order valence-electron chi connectivity index (χ2n) is 5.56. The number of hydrogen-bond donors (Lipinski definition) is 1. The van der Waals surface area contributed by atoms with E-state index in [1.54, 1.807) is 0 Å². The first kappa shape index (κ1) is 14.5. The van der Waals surface area contributed by atoms with Crippen LogP contribution in [0.3, 0.4) is 0 Å². The molecule has 1 atom stereocenters.